The van der Waals surface area contributed by atoms with Gasteiger partial charge in [0.1, 0.15) is 0 Å². The number of hydrogen-bond acceptors (Lipinski definition) is 3. The van der Waals surface area contributed by atoms with Gasteiger partial charge in [-0.05, 0) is 25.7 Å². The van der Waals surface area contributed by atoms with Gasteiger partial charge in [-0.2, -0.15) is 5.10 Å². The summed E-state index contributed by atoms with van der Waals surface area (Å²) in [4.78, 5) is 11.9. The quantitative estimate of drug-likeness (QED) is 0.839. The van der Waals surface area contributed by atoms with Crippen molar-refractivity contribution in [3.05, 3.63) is 17.5 Å². The Kier molecular flexibility index (Phi) is 4.01. The number of nitrogens with zero attached hydrogens (tertiary/aromatic N) is 2. The van der Waals surface area contributed by atoms with Crippen molar-refractivity contribution in [2.45, 2.75) is 38.7 Å². The number of carbonyl (C=O) groups is 1. The third-order valence-corrected chi connectivity index (χ3v) is 3.90. The molecule has 5 heteroatoms. The van der Waals surface area contributed by atoms with Crippen molar-refractivity contribution in [2.24, 2.45) is 13.0 Å². The van der Waals surface area contributed by atoms with Crippen molar-refractivity contribution in [1.29, 1.82) is 0 Å². The Hall–Kier alpha value is -1.36. The summed E-state index contributed by atoms with van der Waals surface area (Å²) < 4.78 is 1.67. The van der Waals surface area contributed by atoms with Gasteiger partial charge in [0.25, 0.3) is 5.91 Å². The molecule has 0 aromatic carbocycles. The number of aliphatic hydroxyl groups excluding tert-OH is 1. The largest absolute Gasteiger partial charge is 0.391 e. The van der Waals surface area contributed by atoms with E-state index in [4.69, 9.17) is 0 Å². The number of aliphatic hydroxyl groups is 1. The number of hydrogen-bond donors (Lipinski definition) is 2. The number of aromatic nitrogens is 2. The molecule has 1 aliphatic rings. The van der Waals surface area contributed by atoms with E-state index in [9.17, 15) is 9.90 Å². The molecule has 1 atom stereocenters. The molecule has 100 valence electrons. The molecule has 1 fully saturated rings. The van der Waals surface area contributed by atoms with E-state index in [0.29, 0.717) is 18.0 Å². The molecular weight excluding hydrogens is 230 g/mol. The van der Waals surface area contributed by atoms with Gasteiger partial charge in [0.15, 0.2) is 0 Å². The Balaban J connectivity index is 1.86. The highest BCUT2D eigenvalue weighted by molar-refractivity contribution is 5.95. The van der Waals surface area contributed by atoms with Gasteiger partial charge in [0.2, 0.25) is 0 Å². The number of aryl methyl sites for hydroxylation is 1. The first-order chi connectivity index (χ1) is 8.59. The van der Waals surface area contributed by atoms with Gasteiger partial charge in [-0.15, -0.1) is 0 Å². The molecule has 0 bridgehead atoms. The SMILES string of the molecule is Cc1c(C(=O)NCC(O)C2CCCC2)cnn1C. The van der Waals surface area contributed by atoms with Gasteiger partial charge in [-0.1, -0.05) is 12.8 Å². The van der Waals surface area contributed by atoms with Gasteiger partial charge < -0.3 is 10.4 Å². The summed E-state index contributed by atoms with van der Waals surface area (Å²) in [7, 11) is 1.81. The predicted molar refractivity (Wildman–Crippen MR) is 68.2 cm³/mol. The second-order valence-corrected chi connectivity index (χ2v) is 5.09. The Morgan fingerprint density at radius 1 is 1.61 bits per heavy atom. The molecule has 1 amide bonds. The molecule has 0 aliphatic heterocycles. The highest BCUT2D eigenvalue weighted by atomic mass is 16.3. The molecule has 1 unspecified atom stereocenters. The average Bonchev–Trinajstić information content (AvgIpc) is 2.98. The van der Waals surface area contributed by atoms with Crippen molar-refractivity contribution < 1.29 is 9.90 Å². The van der Waals surface area contributed by atoms with Crippen LogP contribution in [0.3, 0.4) is 0 Å². The third kappa shape index (κ3) is 2.72. The lowest BCUT2D eigenvalue weighted by Crippen LogP contribution is -2.35. The normalized spacial score (nSPS) is 17.9. The lowest BCUT2D eigenvalue weighted by atomic mass is 10.0. The van der Waals surface area contributed by atoms with Crippen LogP contribution in [0.1, 0.15) is 41.7 Å². The van der Waals surface area contributed by atoms with Crippen LogP contribution < -0.4 is 5.32 Å². The number of carbonyl (C=O) groups excluding carboxylic acids is 1. The summed E-state index contributed by atoms with van der Waals surface area (Å²) in [5, 5.41) is 16.8. The van der Waals surface area contributed by atoms with Crippen LogP contribution in [0.25, 0.3) is 0 Å². The van der Waals surface area contributed by atoms with Crippen LogP contribution >= 0.6 is 0 Å². The first-order valence-electron chi connectivity index (χ1n) is 6.54. The third-order valence-electron chi connectivity index (χ3n) is 3.90. The van der Waals surface area contributed by atoms with Gasteiger partial charge in [-0.25, -0.2) is 0 Å². The minimum Gasteiger partial charge on any atom is -0.391 e. The monoisotopic (exact) mass is 251 g/mol. The highest BCUT2D eigenvalue weighted by Crippen LogP contribution is 2.27. The lowest BCUT2D eigenvalue weighted by molar-refractivity contribution is 0.0840. The summed E-state index contributed by atoms with van der Waals surface area (Å²) >= 11 is 0. The Morgan fingerprint density at radius 2 is 2.28 bits per heavy atom. The van der Waals surface area contributed by atoms with Crippen LogP contribution in [0.15, 0.2) is 6.20 Å². The van der Waals surface area contributed by atoms with Crippen LogP contribution in [0.4, 0.5) is 0 Å². The maximum absolute atomic E-state index is 11.9. The molecule has 0 saturated heterocycles. The molecule has 2 rings (SSSR count). The fourth-order valence-corrected chi connectivity index (χ4v) is 2.52. The van der Waals surface area contributed by atoms with E-state index in [2.05, 4.69) is 10.4 Å². The highest BCUT2D eigenvalue weighted by Gasteiger charge is 2.23. The molecule has 18 heavy (non-hydrogen) atoms. The fourth-order valence-electron chi connectivity index (χ4n) is 2.52. The topological polar surface area (TPSA) is 67.2 Å². The predicted octanol–water partition coefficient (Wildman–Crippen LogP) is 1.01. The van der Waals surface area contributed by atoms with Crippen molar-refractivity contribution in [3.63, 3.8) is 0 Å². The molecule has 1 aromatic rings. The second kappa shape index (κ2) is 5.52. The van der Waals surface area contributed by atoms with E-state index in [0.717, 1.165) is 18.5 Å². The van der Waals surface area contributed by atoms with E-state index in [1.165, 1.54) is 12.8 Å². The summed E-state index contributed by atoms with van der Waals surface area (Å²) in [5.74, 6) is 0.193. The molecule has 0 spiro atoms. The molecular formula is C13H21N3O2. The summed E-state index contributed by atoms with van der Waals surface area (Å²) in [5.41, 5.74) is 1.42. The summed E-state index contributed by atoms with van der Waals surface area (Å²) in [6.07, 6.45) is 5.67. The summed E-state index contributed by atoms with van der Waals surface area (Å²) in [6.45, 7) is 2.19. The molecule has 5 nitrogen and oxygen atoms in total. The van der Waals surface area contributed by atoms with Gasteiger partial charge in [0, 0.05) is 19.3 Å². The standard InChI is InChI=1S/C13H21N3O2/c1-9-11(7-15-16(9)2)13(18)14-8-12(17)10-5-3-4-6-10/h7,10,12,17H,3-6,8H2,1-2H3,(H,14,18). The first kappa shape index (κ1) is 13.1. The van der Waals surface area contributed by atoms with Crippen LogP contribution in [0.5, 0.6) is 0 Å². The maximum Gasteiger partial charge on any atom is 0.254 e. The van der Waals surface area contributed by atoms with E-state index >= 15 is 0 Å². The van der Waals surface area contributed by atoms with Crippen LogP contribution in [-0.4, -0.2) is 33.4 Å². The smallest absolute Gasteiger partial charge is 0.254 e. The van der Waals surface area contributed by atoms with Crippen molar-refractivity contribution in [2.75, 3.05) is 6.54 Å². The van der Waals surface area contributed by atoms with E-state index in [1.54, 1.807) is 17.9 Å². The number of amides is 1. The Bertz CT molecular complexity index is 422. The zero-order valence-corrected chi connectivity index (χ0v) is 11.0. The Labute approximate surface area is 107 Å². The maximum atomic E-state index is 11.9. The molecule has 1 aliphatic carbocycles. The number of nitrogens with one attached hydrogen (secondary N) is 1. The van der Waals surface area contributed by atoms with E-state index in [1.807, 2.05) is 6.92 Å². The first-order valence-corrected chi connectivity index (χ1v) is 6.54. The zero-order valence-electron chi connectivity index (χ0n) is 11.0. The molecule has 1 aromatic heterocycles. The van der Waals surface area contributed by atoms with Crippen LogP contribution in [0.2, 0.25) is 0 Å². The molecule has 2 N–H and O–H groups in total. The second-order valence-electron chi connectivity index (χ2n) is 5.09. The van der Waals surface area contributed by atoms with Gasteiger partial charge in [0.05, 0.1) is 17.9 Å². The molecule has 0 radical (unpaired) electrons. The van der Waals surface area contributed by atoms with Crippen molar-refractivity contribution in [1.82, 2.24) is 15.1 Å². The van der Waals surface area contributed by atoms with Gasteiger partial charge >= 0.3 is 0 Å². The summed E-state index contributed by atoms with van der Waals surface area (Å²) in [6, 6.07) is 0. The molecule has 1 saturated carbocycles. The van der Waals surface area contributed by atoms with E-state index in [-0.39, 0.29) is 5.91 Å². The minimum absolute atomic E-state index is 0.155. The van der Waals surface area contributed by atoms with Crippen LogP contribution in [-0.2, 0) is 7.05 Å². The van der Waals surface area contributed by atoms with Gasteiger partial charge in [-0.3, -0.25) is 9.48 Å². The lowest BCUT2D eigenvalue weighted by Gasteiger charge is -2.17. The number of rotatable bonds is 4. The molecule has 1 heterocycles. The van der Waals surface area contributed by atoms with Crippen molar-refractivity contribution in [3.8, 4) is 0 Å². The Morgan fingerprint density at radius 3 is 2.83 bits per heavy atom. The van der Waals surface area contributed by atoms with Crippen LogP contribution in [0, 0.1) is 12.8 Å². The van der Waals surface area contributed by atoms with E-state index < -0.39 is 6.10 Å². The average molecular weight is 251 g/mol. The zero-order chi connectivity index (χ0) is 13.1. The van der Waals surface area contributed by atoms with Crippen molar-refractivity contribution >= 4 is 5.91 Å². The fraction of sp³-hybridized carbons (Fsp3) is 0.692. The minimum atomic E-state index is -0.423.